The minimum Gasteiger partial charge on any atom is -0.481 e. The number of hydrogen-bond donors (Lipinski definition) is 6. The van der Waals surface area contributed by atoms with E-state index in [-0.39, 0.29) is 18.9 Å². The van der Waals surface area contributed by atoms with E-state index in [1.54, 1.807) is 0 Å². The molecule has 2 rings (SSSR count). The monoisotopic (exact) mass is 369 g/mol. The van der Waals surface area contributed by atoms with Crippen molar-refractivity contribution in [3.63, 3.8) is 0 Å². The second-order valence-corrected chi connectivity index (χ2v) is 6.60. The van der Waals surface area contributed by atoms with E-state index in [9.17, 15) is 25.2 Å². The van der Waals surface area contributed by atoms with Gasteiger partial charge in [0.1, 0.15) is 24.4 Å². The molecule has 26 heavy (non-hydrogen) atoms. The summed E-state index contributed by atoms with van der Waals surface area (Å²) in [6.07, 6.45) is -4.56. The highest BCUT2D eigenvalue weighted by Gasteiger charge is 2.43. The number of anilines is 1. The van der Waals surface area contributed by atoms with Gasteiger partial charge in [-0.2, -0.15) is 0 Å². The maximum atomic E-state index is 10.8. The molecule has 1 aliphatic heterocycles. The molecule has 1 unspecified atom stereocenters. The molecule has 0 aliphatic carbocycles. The summed E-state index contributed by atoms with van der Waals surface area (Å²) in [5.74, 6) is -0.878. The number of aliphatic hydroxyl groups excluding tert-OH is 4. The van der Waals surface area contributed by atoms with Gasteiger partial charge in [-0.15, -0.1) is 0 Å². The smallest absolute Gasteiger partial charge is 0.303 e. The van der Waals surface area contributed by atoms with Crippen molar-refractivity contribution in [2.24, 2.45) is 0 Å². The van der Waals surface area contributed by atoms with Crippen LogP contribution in [0.3, 0.4) is 0 Å². The van der Waals surface area contributed by atoms with Crippen LogP contribution in [0.25, 0.3) is 0 Å². The SMILES string of the molecule is O=C(O)CCCC(C[C@@H]1O[C@H](CO)[C@@H](O)[C@H](O)[C@H]1O)Nc1ccccc1. The van der Waals surface area contributed by atoms with E-state index in [4.69, 9.17) is 9.84 Å². The van der Waals surface area contributed by atoms with Crippen molar-refractivity contribution in [3.05, 3.63) is 30.3 Å². The Bertz CT molecular complexity index is 554. The van der Waals surface area contributed by atoms with Crippen LogP contribution in [-0.2, 0) is 9.53 Å². The van der Waals surface area contributed by atoms with E-state index in [0.717, 1.165) is 5.69 Å². The average molecular weight is 369 g/mol. The molecule has 0 amide bonds. The molecule has 1 saturated heterocycles. The molecule has 6 N–H and O–H groups in total. The van der Waals surface area contributed by atoms with Gasteiger partial charge in [-0.3, -0.25) is 4.79 Å². The first-order valence-corrected chi connectivity index (χ1v) is 8.76. The number of nitrogens with one attached hydrogen (secondary N) is 1. The Balaban J connectivity index is 2.04. The lowest BCUT2D eigenvalue weighted by Gasteiger charge is -2.41. The number of ether oxygens (including phenoxy) is 1. The van der Waals surface area contributed by atoms with E-state index >= 15 is 0 Å². The second kappa shape index (κ2) is 9.84. The van der Waals surface area contributed by atoms with Crippen LogP contribution in [0.5, 0.6) is 0 Å². The molecule has 0 radical (unpaired) electrons. The van der Waals surface area contributed by atoms with Crippen molar-refractivity contribution >= 4 is 11.7 Å². The molecule has 0 bridgehead atoms. The van der Waals surface area contributed by atoms with Crippen molar-refractivity contribution in [1.82, 2.24) is 0 Å². The van der Waals surface area contributed by atoms with Crippen molar-refractivity contribution in [2.75, 3.05) is 11.9 Å². The molecule has 1 aliphatic rings. The van der Waals surface area contributed by atoms with E-state index in [1.165, 1.54) is 0 Å². The van der Waals surface area contributed by atoms with Gasteiger partial charge in [0.15, 0.2) is 0 Å². The fourth-order valence-electron chi connectivity index (χ4n) is 3.17. The molecule has 1 aromatic rings. The van der Waals surface area contributed by atoms with Crippen molar-refractivity contribution in [3.8, 4) is 0 Å². The highest BCUT2D eigenvalue weighted by Crippen LogP contribution is 2.26. The summed E-state index contributed by atoms with van der Waals surface area (Å²) in [5.41, 5.74) is 0.845. The van der Waals surface area contributed by atoms with Crippen molar-refractivity contribution < 1.29 is 35.1 Å². The van der Waals surface area contributed by atoms with Crippen LogP contribution in [0.4, 0.5) is 5.69 Å². The van der Waals surface area contributed by atoms with Gasteiger partial charge in [0.2, 0.25) is 0 Å². The molecule has 146 valence electrons. The van der Waals surface area contributed by atoms with Crippen LogP contribution in [0.1, 0.15) is 25.7 Å². The zero-order valence-electron chi connectivity index (χ0n) is 14.4. The van der Waals surface area contributed by atoms with Gasteiger partial charge in [0, 0.05) is 18.2 Å². The van der Waals surface area contributed by atoms with Crippen molar-refractivity contribution in [1.29, 1.82) is 0 Å². The van der Waals surface area contributed by atoms with Crippen LogP contribution < -0.4 is 5.32 Å². The van der Waals surface area contributed by atoms with Crippen LogP contribution >= 0.6 is 0 Å². The molecule has 1 aromatic carbocycles. The topological polar surface area (TPSA) is 139 Å². The second-order valence-electron chi connectivity index (χ2n) is 6.60. The quantitative estimate of drug-likeness (QED) is 0.356. The molecule has 8 heteroatoms. The minimum atomic E-state index is -1.41. The van der Waals surface area contributed by atoms with Crippen molar-refractivity contribution in [2.45, 2.75) is 62.2 Å². The molecule has 1 fully saturated rings. The molecule has 0 saturated carbocycles. The van der Waals surface area contributed by atoms with Gasteiger partial charge in [0.05, 0.1) is 12.7 Å². The largest absolute Gasteiger partial charge is 0.481 e. The van der Waals surface area contributed by atoms with Gasteiger partial charge in [-0.25, -0.2) is 0 Å². The average Bonchev–Trinajstić information content (AvgIpc) is 2.62. The summed E-state index contributed by atoms with van der Waals surface area (Å²) in [4.78, 5) is 10.8. The predicted molar refractivity (Wildman–Crippen MR) is 93.7 cm³/mol. The lowest BCUT2D eigenvalue weighted by molar-refractivity contribution is -0.230. The number of carboxylic acids is 1. The normalized spacial score (nSPS) is 29.9. The van der Waals surface area contributed by atoms with Crippen LogP contribution in [-0.4, -0.2) is 74.7 Å². The number of aliphatic hydroxyl groups is 4. The first kappa shape index (κ1) is 20.6. The number of para-hydroxylation sites is 1. The fraction of sp³-hybridized carbons (Fsp3) is 0.611. The molecular formula is C18H27NO7. The number of hydrogen-bond acceptors (Lipinski definition) is 7. The van der Waals surface area contributed by atoms with Gasteiger partial charge in [0.25, 0.3) is 0 Å². The lowest BCUT2D eigenvalue weighted by Crippen LogP contribution is -2.59. The third-order valence-corrected chi connectivity index (χ3v) is 4.60. The van der Waals surface area contributed by atoms with Gasteiger partial charge >= 0.3 is 5.97 Å². The molecule has 0 spiro atoms. The Morgan fingerprint density at radius 1 is 1.08 bits per heavy atom. The summed E-state index contributed by atoms with van der Waals surface area (Å²) >= 11 is 0. The number of carboxylic acid groups (broad SMARTS) is 1. The molecule has 8 nitrogen and oxygen atoms in total. The summed E-state index contributed by atoms with van der Waals surface area (Å²) in [6, 6.07) is 9.14. The molecule has 0 aromatic heterocycles. The third-order valence-electron chi connectivity index (χ3n) is 4.60. The third kappa shape index (κ3) is 5.65. The Morgan fingerprint density at radius 2 is 1.73 bits per heavy atom. The molecule has 1 heterocycles. The number of aliphatic carboxylic acids is 1. The fourth-order valence-corrected chi connectivity index (χ4v) is 3.17. The highest BCUT2D eigenvalue weighted by molar-refractivity contribution is 5.66. The van der Waals surface area contributed by atoms with E-state index in [1.807, 2.05) is 30.3 Å². The van der Waals surface area contributed by atoms with E-state index in [2.05, 4.69) is 5.32 Å². The molecular weight excluding hydrogens is 342 g/mol. The number of benzene rings is 1. The summed E-state index contributed by atoms with van der Waals surface area (Å²) in [6.45, 7) is -0.475. The molecule has 6 atom stereocenters. The Hall–Kier alpha value is -1.71. The summed E-state index contributed by atoms with van der Waals surface area (Å²) < 4.78 is 5.56. The number of carbonyl (C=O) groups is 1. The van der Waals surface area contributed by atoms with Gasteiger partial charge < -0.3 is 35.6 Å². The standard InChI is InChI=1S/C18H27NO7/c20-10-14-17(24)18(25)16(23)13(26-14)9-12(7-4-8-15(21)22)19-11-5-2-1-3-6-11/h1-3,5-6,12-14,16-20,23-25H,4,7-10H2,(H,21,22)/t12?,13-,14+,16-,17+,18+/m0/s1. The van der Waals surface area contributed by atoms with Crippen LogP contribution in [0, 0.1) is 0 Å². The first-order chi connectivity index (χ1) is 12.4. The first-order valence-electron chi connectivity index (χ1n) is 8.76. The van der Waals surface area contributed by atoms with Crippen LogP contribution in [0.15, 0.2) is 30.3 Å². The zero-order chi connectivity index (χ0) is 19.1. The van der Waals surface area contributed by atoms with Crippen LogP contribution in [0.2, 0.25) is 0 Å². The Labute approximate surface area is 152 Å². The van der Waals surface area contributed by atoms with Gasteiger partial charge in [-0.1, -0.05) is 18.2 Å². The Kier molecular flexibility index (Phi) is 7.80. The maximum absolute atomic E-state index is 10.8. The van der Waals surface area contributed by atoms with E-state index in [0.29, 0.717) is 12.8 Å². The predicted octanol–water partition coefficient (Wildman–Crippen LogP) is -0.0455. The number of rotatable bonds is 9. The minimum absolute atomic E-state index is 0.0294. The summed E-state index contributed by atoms with van der Waals surface area (Å²) in [7, 11) is 0. The maximum Gasteiger partial charge on any atom is 0.303 e. The Morgan fingerprint density at radius 3 is 2.35 bits per heavy atom. The zero-order valence-corrected chi connectivity index (χ0v) is 14.4. The van der Waals surface area contributed by atoms with E-state index < -0.39 is 43.1 Å². The van der Waals surface area contributed by atoms with Gasteiger partial charge in [-0.05, 0) is 31.4 Å². The summed E-state index contributed by atoms with van der Waals surface area (Å²) in [5, 5.41) is 51.4. The highest BCUT2D eigenvalue weighted by atomic mass is 16.5. The lowest BCUT2D eigenvalue weighted by atomic mass is 9.90.